The molecule has 6 heteroatoms. The van der Waals surface area contributed by atoms with Crippen LogP contribution in [0.1, 0.15) is 23.1 Å². The standard InChI is InChI=1S/C20H22FNO3S/c1-14-3-4-16(11-15(14)2)5-10-20(23)22-12-19(13-22)26(24,25)18-8-6-17(21)7-9-18/h3-4,6-9,11,19H,5,10,12-13H2,1-2H3. The van der Waals surface area contributed by atoms with Crippen LogP contribution in [0.5, 0.6) is 0 Å². The van der Waals surface area contributed by atoms with Crippen LogP contribution in [0.3, 0.4) is 0 Å². The Morgan fingerprint density at radius 1 is 1.08 bits per heavy atom. The Morgan fingerprint density at radius 2 is 1.73 bits per heavy atom. The first-order valence-corrected chi connectivity index (χ1v) is 10.2. The topological polar surface area (TPSA) is 54.5 Å². The SMILES string of the molecule is Cc1ccc(CCC(=O)N2CC(S(=O)(=O)c3ccc(F)cc3)C2)cc1C. The number of sulfone groups is 1. The highest BCUT2D eigenvalue weighted by Gasteiger charge is 2.40. The van der Waals surface area contributed by atoms with Crippen LogP contribution >= 0.6 is 0 Å². The predicted octanol–water partition coefficient (Wildman–Crippen LogP) is 3.06. The van der Waals surface area contributed by atoms with E-state index in [1.54, 1.807) is 4.90 Å². The lowest BCUT2D eigenvalue weighted by molar-refractivity contribution is -0.134. The Balaban J connectivity index is 1.54. The molecule has 0 atom stereocenters. The Kier molecular flexibility index (Phi) is 5.14. The average molecular weight is 375 g/mol. The molecule has 3 rings (SSSR count). The van der Waals surface area contributed by atoms with Crippen molar-refractivity contribution in [3.05, 3.63) is 65.0 Å². The highest BCUT2D eigenvalue weighted by molar-refractivity contribution is 7.92. The van der Waals surface area contributed by atoms with Gasteiger partial charge < -0.3 is 4.90 Å². The molecular weight excluding hydrogens is 353 g/mol. The van der Waals surface area contributed by atoms with Gasteiger partial charge in [0.15, 0.2) is 9.84 Å². The predicted molar refractivity (Wildman–Crippen MR) is 98.2 cm³/mol. The van der Waals surface area contributed by atoms with Crippen LogP contribution in [0.2, 0.25) is 0 Å². The molecule has 0 aliphatic carbocycles. The number of likely N-dealkylation sites (tertiary alicyclic amines) is 1. The third-order valence-corrected chi connectivity index (χ3v) is 7.09. The second-order valence-electron chi connectivity index (χ2n) is 6.84. The van der Waals surface area contributed by atoms with Gasteiger partial charge in [-0.1, -0.05) is 18.2 Å². The zero-order valence-corrected chi connectivity index (χ0v) is 15.7. The maximum absolute atomic E-state index is 13.0. The fourth-order valence-electron chi connectivity index (χ4n) is 3.02. The molecule has 138 valence electrons. The van der Waals surface area contributed by atoms with E-state index in [9.17, 15) is 17.6 Å². The van der Waals surface area contributed by atoms with Crippen LogP contribution in [-0.4, -0.2) is 37.6 Å². The van der Waals surface area contributed by atoms with Crippen molar-refractivity contribution in [1.82, 2.24) is 4.90 Å². The first-order chi connectivity index (χ1) is 12.3. The van der Waals surface area contributed by atoms with Gasteiger partial charge in [0.1, 0.15) is 11.1 Å². The fourth-order valence-corrected chi connectivity index (χ4v) is 4.68. The van der Waals surface area contributed by atoms with Crippen molar-refractivity contribution in [2.45, 2.75) is 36.8 Å². The summed E-state index contributed by atoms with van der Waals surface area (Å²) in [5.41, 5.74) is 3.53. The maximum Gasteiger partial charge on any atom is 0.222 e. The van der Waals surface area contributed by atoms with Gasteiger partial charge in [0.25, 0.3) is 0 Å². The Hall–Kier alpha value is -2.21. The van der Waals surface area contributed by atoms with Crippen LogP contribution < -0.4 is 0 Å². The normalized spacial score (nSPS) is 15.0. The zero-order chi connectivity index (χ0) is 18.9. The number of carbonyl (C=O) groups excluding carboxylic acids is 1. The van der Waals surface area contributed by atoms with Crippen LogP contribution in [0.4, 0.5) is 4.39 Å². The van der Waals surface area contributed by atoms with E-state index in [1.165, 1.54) is 23.3 Å². The van der Waals surface area contributed by atoms with E-state index in [2.05, 4.69) is 6.07 Å². The largest absolute Gasteiger partial charge is 0.340 e. The van der Waals surface area contributed by atoms with Crippen LogP contribution in [0.15, 0.2) is 47.4 Å². The molecule has 1 aliphatic rings. The smallest absolute Gasteiger partial charge is 0.222 e. The molecule has 1 aliphatic heterocycles. The van der Waals surface area contributed by atoms with Gasteiger partial charge in [0, 0.05) is 19.5 Å². The molecular formula is C20H22FNO3S. The Morgan fingerprint density at radius 3 is 2.35 bits per heavy atom. The van der Waals surface area contributed by atoms with Gasteiger partial charge in [0.2, 0.25) is 5.91 Å². The molecule has 26 heavy (non-hydrogen) atoms. The summed E-state index contributed by atoms with van der Waals surface area (Å²) in [6.45, 7) is 4.49. The van der Waals surface area contributed by atoms with Crippen molar-refractivity contribution in [2.75, 3.05) is 13.1 Å². The quantitative estimate of drug-likeness (QED) is 0.755. The van der Waals surface area contributed by atoms with Gasteiger partial charge in [-0.25, -0.2) is 12.8 Å². The van der Waals surface area contributed by atoms with Gasteiger partial charge in [-0.3, -0.25) is 4.79 Å². The number of aryl methyl sites for hydroxylation is 3. The van der Waals surface area contributed by atoms with Crippen LogP contribution in [0.25, 0.3) is 0 Å². The molecule has 1 amide bonds. The Bertz CT molecular complexity index is 917. The molecule has 0 unspecified atom stereocenters. The van der Waals surface area contributed by atoms with Crippen LogP contribution in [0, 0.1) is 19.7 Å². The summed E-state index contributed by atoms with van der Waals surface area (Å²) < 4.78 is 37.9. The number of hydrogen-bond donors (Lipinski definition) is 0. The van der Waals surface area contributed by atoms with E-state index in [4.69, 9.17) is 0 Å². The number of hydrogen-bond acceptors (Lipinski definition) is 3. The van der Waals surface area contributed by atoms with E-state index in [0.29, 0.717) is 12.8 Å². The molecule has 0 aromatic heterocycles. The third kappa shape index (κ3) is 3.80. The fraction of sp³-hybridized carbons (Fsp3) is 0.350. The number of amides is 1. The van der Waals surface area contributed by atoms with E-state index < -0.39 is 20.9 Å². The van der Waals surface area contributed by atoms with Gasteiger partial charge in [-0.05, 0) is 61.2 Å². The summed E-state index contributed by atoms with van der Waals surface area (Å²) in [6, 6.07) is 11.0. The van der Waals surface area contributed by atoms with Crippen molar-refractivity contribution in [3.63, 3.8) is 0 Å². The highest BCUT2D eigenvalue weighted by atomic mass is 32.2. The molecule has 0 N–H and O–H groups in total. The summed E-state index contributed by atoms with van der Waals surface area (Å²) in [5, 5.41) is -0.612. The minimum Gasteiger partial charge on any atom is -0.340 e. The number of carbonyl (C=O) groups is 1. The van der Waals surface area contributed by atoms with Gasteiger partial charge in [-0.15, -0.1) is 0 Å². The minimum atomic E-state index is -3.52. The Labute approximate surface area is 153 Å². The molecule has 0 spiro atoms. The first kappa shape index (κ1) is 18.6. The van der Waals surface area contributed by atoms with E-state index in [-0.39, 0.29) is 23.9 Å². The molecule has 0 saturated carbocycles. The van der Waals surface area contributed by atoms with Gasteiger partial charge in [-0.2, -0.15) is 0 Å². The number of halogens is 1. The third-order valence-electron chi connectivity index (χ3n) is 4.98. The average Bonchev–Trinajstić information content (AvgIpc) is 2.54. The molecule has 2 aromatic rings. The molecule has 2 aromatic carbocycles. The number of nitrogens with zero attached hydrogens (tertiary/aromatic N) is 1. The number of rotatable bonds is 5. The molecule has 0 radical (unpaired) electrons. The molecule has 4 nitrogen and oxygen atoms in total. The summed E-state index contributed by atoms with van der Waals surface area (Å²) in [7, 11) is -3.52. The van der Waals surface area contributed by atoms with E-state index >= 15 is 0 Å². The van der Waals surface area contributed by atoms with Crippen molar-refractivity contribution in [1.29, 1.82) is 0 Å². The summed E-state index contributed by atoms with van der Waals surface area (Å²) in [5.74, 6) is -0.505. The van der Waals surface area contributed by atoms with Crippen molar-refractivity contribution >= 4 is 15.7 Å². The van der Waals surface area contributed by atoms with Crippen molar-refractivity contribution in [3.8, 4) is 0 Å². The maximum atomic E-state index is 13.0. The summed E-state index contributed by atoms with van der Waals surface area (Å²) >= 11 is 0. The number of benzene rings is 2. The molecule has 0 bridgehead atoms. The summed E-state index contributed by atoms with van der Waals surface area (Å²) in [6.07, 6.45) is 1.01. The van der Waals surface area contributed by atoms with Gasteiger partial charge >= 0.3 is 0 Å². The molecule has 1 heterocycles. The highest BCUT2D eigenvalue weighted by Crippen LogP contribution is 2.25. The second-order valence-corrected chi connectivity index (χ2v) is 9.07. The lowest BCUT2D eigenvalue weighted by Gasteiger charge is -2.38. The molecule has 1 saturated heterocycles. The first-order valence-electron chi connectivity index (χ1n) is 8.61. The van der Waals surface area contributed by atoms with E-state index in [1.807, 2.05) is 26.0 Å². The summed E-state index contributed by atoms with van der Waals surface area (Å²) in [4.78, 5) is 14.0. The van der Waals surface area contributed by atoms with Crippen molar-refractivity contribution in [2.24, 2.45) is 0 Å². The molecule has 1 fully saturated rings. The lowest BCUT2D eigenvalue weighted by atomic mass is 10.0. The van der Waals surface area contributed by atoms with Gasteiger partial charge in [0.05, 0.1) is 4.90 Å². The van der Waals surface area contributed by atoms with Crippen LogP contribution in [-0.2, 0) is 21.1 Å². The monoisotopic (exact) mass is 375 g/mol. The lowest BCUT2D eigenvalue weighted by Crippen LogP contribution is -2.56. The minimum absolute atomic E-state index is 0.0335. The van der Waals surface area contributed by atoms with Crippen molar-refractivity contribution < 1.29 is 17.6 Å². The zero-order valence-electron chi connectivity index (χ0n) is 14.9. The van der Waals surface area contributed by atoms with E-state index in [0.717, 1.165) is 17.7 Å². The second kappa shape index (κ2) is 7.19.